The molecule has 1 aliphatic rings. The van der Waals surface area contributed by atoms with Gasteiger partial charge in [-0.2, -0.15) is 0 Å². The zero-order valence-corrected chi connectivity index (χ0v) is 10.8. The van der Waals surface area contributed by atoms with E-state index in [1.54, 1.807) is 11.8 Å². The van der Waals surface area contributed by atoms with Crippen molar-refractivity contribution in [2.24, 2.45) is 5.73 Å². The second kappa shape index (κ2) is 5.36. The van der Waals surface area contributed by atoms with E-state index in [-0.39, 0.29) is 23.2 Å². The SMILES string of the molecule is Cc1nc(C(=O)N2CCCC(N)C2)ccc1C(=O)O. The molecule has 2 heterocycles. The molecule has 1 fully saturated rings. The van der Waals surface area contributed by atoms with Gasteiger partial charge in [-0.1, -0.05) is 0 Å². The van der Waals surface area contributed by atoms with Gasteiger partial charge in [0.2, 0.25) is 0 Å². The van der Waals surface area contributed by atoms with E-state index in [2.05, 4.69) is 4.98 Å². The molecule has 1 unspecified atom stereocenters. The number of hydrogen-bond donors (Lipinski definition) is 2. The summed E-state index contributed by atoms with van der Waals surface area (Å²) in [6, 6.07) is 2.89. The molecule has 3 N–H and O–H groups in total. The molecule has 1 saturated heterocycles. The van der Waals surface area contributed by atoms with Crippen molar-refractivity contribution in [3.05, 3.63) is 29.1 Å². The second-order valence-electron chi connectivity index (χ2n) is 4.79. The maximum absolute atomic E-state index is 12.2. The number of carboxylic acids is 1. The van der Waals surface area contributed by atoms with Gasteiger partial charge in [0.1, 0.15) is 5.69 Å². The van der Waals surface area contributed by atoms with Crippen LogP contribution in [0.2, 0.25) is 0 Å². The number of aromatic nitrogens is 1. The van der Waals surface area contributed by atoms with E-state index in [1.807, 2.05) is 0 Å². The van der Waals surface area contributed by atoms with Crippen LogP contribution in [0.5, 0.6) is 0 Å². The molecule has 6 nitrogen and oxygen atoms in total. The zero-order chi connectivity index (χ0) is 14.0. The number of nitrogens with zero attached hydrogens (tertiary/aromatic N) is 2. The number of likely N-dealkylation sites (tertiary alicyclic amines) is 1. The number of hydrogen-bond acceptors (Lipinski definition) is 4. The van der Waals surface area contributed by atoms with Gasteiger partial charge in [0.25, 0.3) is 5.91 Å². The minimum Gasteiger partial charge on any atom is -0.478 e. The lowest BCUT2D eigenvalue weighted by Gasteiger charge is -2.30. The smallest absolute Gasteiger partial charge is 0.337 e. The fourth-order valence-corrected chi connectivity index (χ4v) is 2.26. The lowest BCUT2D eigenvalue weighted by molar-refractivity contribution is 0.0683. The van der Waals surface area contributed by atoms with Crippen LogP contribution in [0, 0.1) is 6.92 Å². The van der Waals surface area contributed by atoms with Crippen molar-refractivity contribution in [1.82, 2.24) is 9.88 Å². The van der Waals surface area contributed by atoms with E-state index in [1.165, 1.54) is 12.1 Å². The monoisotopic (exact) mass is 263 g/mol. The Labute approximate surface area is 111 Å². The first kappa shape index (κ1) is 13.5. The van der Waals surface area contributed by atoms with Crippen LogP contribution in [0.15, 0.2) is 12.1 Å². The Hall–Kier alpha value is -1.95. The summed E-state index contributed by atoms with van der Waals surface area (Å²) in [4.78, 5) is 28.9. The molecule has 0 saturated carbocycles. The van der Waals surface area contributed by atoms with E-state index in [4.69, 9.17) is 10.8 Å². The van der Waals surface area contributed by atoms with Crippen LogP contribution in [0.25, 0.3) is 0 Å². The third-order valence-corrected chi connectivity index (χ3v) is 3.28. The third-order valence-electron chi connectivity index (χ3n) is 3.28. The standard InChI is InChI=1S/C13H17N3O3/c1-8-10(13(18)19)4-5-11(15-8)12(17)16-6-2-3-9(14)7-16/h4-5,9H,2-3,6-7,14H2,1H3,(H,18,19). The number of amides is 1. The van der Waals surface area contributed by atoms with Crippen molar-refractivity contribution in [3.8, 4) is 0 Å². The number of piperidine rings is 1. The topological polar surface area (TPSA) is 96.5 Å². The Morgan fingerprint density at radius 3 is 2.79 bits per heavy atom. The fourth-order valence-electron chi connectivity index (χ4n) is 2.26. The van der Waals surface area contributed by atoms with Crippen LogP contribution in [-0.4, -0.2) is 46.0 Å². The molecule has 1 atom stereocenters. The number of carbonyl (C=O) groups excluding carboxylic acids is 1. The molecular weight excluding hydrogens is 246 g/mol. The molecule has 0 aliphatic carbocycles. The first-order valence-electron chi connectivity index (χ1n) is 6.25. The Morgan fingerprint density at radius 2 is 2.21 bits per heavy atom. The number of carbonyl (C=O) groups is 2. The van der Waals surface area contributed by atoms with Gasteiger partial charge in [-0.05, 0) is 31.9 Å². The van der Waals surface area contributed by atoms with Gasteiger partial charge < -0.3 is 15.7 Å². The number of aryl methyl sites for hydroxylation is 1. The van der Waals surface area contributed by atoms with E-state index in [9.17, 15) is 9.59 Å². The first-order chi connectivity index (χ1) is 8.99. The van der Waals surface area contributed by atoms with Crippen LogP contribution in [0.1, 0.15) is 39.4 Å². The molecule has 0 aromatic carbocycles. The minimum atomic E-state index is -1.04. The highest BCUT2D eigenvalue weighted by Crippen LogP contribution is 2.13. The van der Waals surface area contributed by atoms with Gasteiger partial charge in [0, 0.05) is 19.1 Å². The van der Waals surface area contributed by atoms with Crippen molar-refractivity contribution >= 4 is 11.9 Å². The molecule has 0 radical (unpaired) electrons. The predicted molar refractivity (Wildman–Crippen MR) is 69.0 cm³/mol. The predicted octanol–water partition coefficient (Wildman–Crippen LogP) is 0.652. The zero-order valence-electron chi connectivity index (χ0n) is 10.8. The third kappa shape index (κ3) is 2.90. The van der Waals surface area contributed by atoms with Gasteiger partial charge in [0.05, 0.1) is 11.3 Å². The van der Waals surface area contributed by atoms with Crippen molar-refractivity contribution in [3.63, 3.8) is 0 Å². The van der Waals surface area contributed by atoms with E-state index >= 15 is 0 Å². The molecule has 102 valence electrons. The van der Waals surface area contributed by atoms with Crippen molar-refractivity contribution in [1.29, 1.82) is 0 Å². The molecule has 1 amide bonds. The lowest BCUT2D eigenvalue weighted by atomic mass is 10.1. The summed E-state index contributed by atoms with van der Waals surface area (Å²) in [6.07, 6.45) is 1.81. The Kier molecular flexibility index (Phi) is 3.80. The van der Waals surface area contributed by atoms with E-state index in [0.717, 1.165) is 12.8 Å². The van der Waals surface area contributed by atoms with Crippen molar-refractivity contribution in [2.75, 3.05) is 13.1 Å². The summed E-state index contributed by atoms with van der Waals surface area (Å²) in [7, 11) is 0. The van der Waals surface area contributed by atoms with Crippen LogP contribution in [0.4, 0.5) is 0 Å². The van der Waals surface area contributed by atoms with Gasteiger partial charge in [-0.3, -0.25) is 4.79 Å². The molecule has 2 rings (SSSR count). The number of carboxylic acid groups (broad SMARTS) is 1. The van der Waals surface area contributed by atoms with Crippen LogP contribution in [-0.2, 0) is 0 Å². The Balaban J connectivity index is 2.19. The molecule has 0 spiro atoms. The largest absolute Gasteiger partial charge is 0.478 e. The highest BCUT2D eigenvalue weighted by Gasteiger charge is 2.23. The molecular formula is C13H17N3O3. The second-order valence-corrected chi connectivity index (χ2v) is 4.79. The number of pyridine rings is 1. The normalized spacial score (nSPS) is 19.3. The molecule has 1 aromatic heterocycles. The minimum absolute atomic E-state index is 0.0112. The lowest BCUT2D eigenvalue weighted by Crippen LogP contribution is -2.46. The highest BCUT2D eigenvalue weighted by molar-refractivity contribution is 5.94. The summed E-state index contributed by atoms with van der Waals surface area (Å²) in [5, 5.41) is 8.93. The van der Waals surface area contributed by atoms with Crippen LogP contribution < -0.4 is 5.73 Å². The number of nitrogens with two attached hydrogens (primary N) is 1. The molecule has 19 heavy (non-hydrogen) atoms. The average molecular weight is 263 g/mol. The summed E-state index contributed by atoms with van der Waals surface area (Å²) >= 11 is 0. The van der Waals surface area contributed by atoms with Gasteiger partial charge in [-0.15, -0.1) is 0 Å². The Bertz CT molecular complexity index is 516. The fraction of sp³-hybridized carbons (Fsp3) is 0.462. The molecule has 1 aromatic rings. The van der Waals surface area contributed by atoms with Crippen molar-refractivity contribution < 1.29 is 14.7 Å². The number of rotatable bonds is 2. The summed E-state index contributed by atoms with van der Waals surface area (Å²) in [5.41, 5.74) is 6.58. The van der Waals surface area contributed by atoms with Crippen LogP contribution in [0.3, 0.4) is 0 Å². The molecule has 1 aliphatic heterocycles. The van der Waals surface area contributed by atoms with E-state index in [0.29, 0.717) is 18.8 Å². The van der Waals surface area contributed by atoms with Crippen molar-refractivity contribution in [2.45, 2.75) is 25.8 Å². The van der Waals surface area contributed by atoms with Gasteiger partial charge in [-0.25, -0.2) is 9.78 Å². The first-order valence-corrected chi connectivity index (χ1v) is 6.25. The van der Waals surface area contributed by atoms with E-state index < -0.39 is 5.97 Å². The van der Waals surface area contributed by atoms with Gasteiger partial charge in [0.15, 0.2) is 0 Å². The molecule has 6 heteroatoms. The highest BCUT2D eigenvalue weighted by atomic mass is 16.4. The average Bonchev–Trinajstić information content (AvgIpc) is 2.37. The maximum atomic E-state index is 12.2. The maximum Gasteiger partial charge on any atom is 0.337 e. The summed E-state index contributed by atoms with van der Waals surface area (Å²) < 4.78 is 0. The Morgan fingerprint density at radius 1 is 1.47 bits per heavy atom. The molecule has 0 bridgehead atoms. The quantitative estimate of drug-likeness (QED) is 0.816. The van der Waals surface area contributed by atoms with Gasteiger partial charge >= 0.3 is 5.97 Å². The number of aromatic carboxylic acids is 1. The summed E-state index contributed by atoms with van der Waals surface area (Å²) in [5.74, 6) is -1.22. The summed E-state index contributed by atoms with van der Waals surface area (Å²) in [6.45, 7) is 2.79. The van der Waals surface area contributed by atoms with Crippen LogP contribution >= 0.6 is 0 Å².